The number of rotatable bonds is 1. The van der Waals surface area contributed by atoms with Crippen molar-refractivity contribution in [3.05, 3.63) is 0 Å². The molecule has 0 aromatic carbocycles. The monoisotopic (exact) mass is 217 g/mol. The maximum Gasteiger partial charge on any atom is 0.410 e. The molecule has 1 amide bonds. The van der Waals surface area contributed by atoms with Crippen molar-refractivity contribution >= 4 is 12.1 Å². The lowest BCUT2D eigenvalue weighted by atomic mass is 10.0. The van der Waals surface area contributed by atoms with Gasteiger partial charge in [0.05, 0.1) is 26.9 Å². The number of amides is 1. The van der Waals surface area contributed by atoms with E-state index >= 15 is 0 Å². The Balaban J connectivity index is 2.74. The van der Waals surface area contributed by atoms with E-state index < -0.39 is 24.2 Å². The van der Waals surface area contributed by atoms with Crippen molar-refractivity contribution in [3.63, 3.8) is 0 Å². The number of piperidine rings is 1. The molecule has 1 aliphatic heterocycles. The minimum atomic E-state index is -0.647. The van der Waals surface area contributed by atoms with Crippen LogP contribution in [-0.4, -0.2) is 55.0 Å². The molecule has 0 bridgehead atoms. The molecule has 0 aromatic rings. The first-order chi connectivity index (χ1) is 7.10. The molecule has 0 saturated carbocycles. The molecule has 1 aliphatic rings. The molecule has 0 radical (unpaired) electrons. The van der Waals surface area contributed by atoms with E-state index in [0.717, 1.165) is 0 Å². The molecule has 2 atom stereocenters. The number of methoxy groups -OCH3 is 2. The fourth-order valence-corrected chi connectivity index (χ4v) is 1.65. The molecule has 86 valence electrons. The van der Waals surface area contributed by atoms with Crippen LogP contribution in [0.25, 0.3) is 0 Å². The van der Waals surface area contributed by atoms with Gasteiger partial charge in [0.25, 0.3) is 0 Å². The maximum atomic E-state index is 11.4. The lowest BCUT2D eigenvalue weighted by molar-refractivity contribution is -0.148. The third-order valence-corrected chi connectivity index (χ3v) is 2.44. The van der Waals surface area contributed by atoms with E-state index in [-0.39, 0.29) is 6.54 Å². The van der Waals surface area contributed by atoms with Gasteiger partial charge in [0.2, 0.25) is 0 Å². The number of aliphatic hydroxyl groups excluding tert-OH is 1. The van der Waals surface area contributed by atoms with E-state index in [2.05, 4.69) is 9.47 Å². The highest BCUT2D eigenvalue weighted by molar-refractivity contribution is 5.81. The second-order valence-electron chi connectivity index (χ2n) is 3.39. The maximum absolute atomic E-state index is 11.4. The zero-order valence-corrected chi connectivity index (χ0v) is 8.80. The highest BCUT2D eigenvalue weighted by Gasteiger charge is 2.36. The van der Waals surface area contributed by atoms with Crippen LogP contribution in [0, 0.1) is 0 Å². The van der Waals surface area contributed by atoms with E-state index in [1.165, 1.54) is 19.1 Å². The van der Waals surface area contributed by atoms with Gasteiger partial charge in [-0.05, 0) is 12.8 Å². The van der Waals surface area contributed by atoms with Crippen molar-refractivity contribution in [3.8, 4) is 0 Å². The number of ether oxygens (including phenoxy) is 2. The summed E-state index contributed by atoms with van der Waals surface area (Å²) in [6, 6.07) is -0.647. The van der Waals surface area contributed by atoms with Crippen LogP contribution in [0.3, 0.4) is 0 Å². The van der Waals surface area contributed by atoms with E-state index in [4.69, 9.17) is 0 Å². The predicted molar refractivity (Wildman–Crippen MR) is 50.2 cm³/mol. The largest absolute Gasteiger partial charge is 0.467 e. The normalized spacial score (nSPS) is 25.9. The number of esters is 1. The molecular weight excluding hydrogens is 202 g/mol. The number of aliphatic hydroxyl groups is 1. The van der Waals surface area contributed by atoms with Crippen LogP contribution in [-0.2, 0) is 14.3 Å². The van der Waals surface area contributed by atoms with Crippen molar-refractivity contribution in [2.24, 2.45) is 0 Å². The van der Waals surface area contributed by atoms with Crippen LogP contribution in [0.1, 0.15) is 12.8 Å². The van der Waals surface area contributed by atoms with Gasteiger partial charge in [-0.3, -0.25) is 4.90 Å². The fraction of sp³-hybridized carbons (Fsp3) is 0.778. The zero-order valence-electron chi connectivity index (χ0n) is 8.80. The standard InChI is InChI=1S/C9H15NO5/c1-14-8(12)7-4-3-6(11)5-10(7)9(13)15-2/h6-7,11H,3-5H2,1-2H3/t6-,7+/m0/s1. The van der Waals surface area contributed by atoms with E-state index in [9.17, 15) is 14.7 Å². The van der Waals surface area contributed by atoms with Crippen molar-refractivity contribution in [1.29, 1.82) is 0 Å². The van der Waals surface area contributed by atoms with Gasteiger partial charge in [-0.25, -0.2) is 9.59 Å². The first-order valence-corrected chi connectivity index (χ1v) is 4.70. The topological polar surface area (TPSA) is 76.1 Å². The zero-order chi connectivity index (χ0) is 11.4. The minimum Gasteiger partial charge on any atom is -0.467 e. The molecular formula is C9H15NO5. The second-order valence-corrected chi connectivity index (χ2v) is 3.39. The molecule has 0 aromatic heterocycles. The Labute approximate surface area is 87.8 Å². The molecule has 15 heavy (non-hydrogen) atoms. The Morgan fingerprint density at radius 3 is 2.47 bits per heavy atom. The Morgan fingerprint density at radius 1 is 1.27 bits per heavy atom. The molecule has 1 fully saturated rings. The SMILES string of the molecule is COC(=O)[C@H]1CC[C@H](O)CN1C(=O)OC. The number of carbonyl (C=O) groups excluding carboxylic acids is 2. The smallest absolute Gasteiger partial charge is 0.410 e. The van der Waals surface area contributed by atoms with Gasteiger partial charge in [0.15, 0.2) is 0 Å². The molecule has 1 saturated heterocycles. The molecule has 6 nitrogen and oxygen atoms in total. The number of hydrogen-bond acceptors (Lipinski definition) is 5. The van der Waals surface area contributed by atoms with Crippen LogP contribution in [0.5, 0.6) is 0 Å². The molecule has 1 N–H and O–H groups in total. The van der Waals surface area contributed by atoms with E-state index in [0.29, 0.717) is 12.8 Å². The number of likely N-dealkylation sites (tertiary alicyclic amines) is 1. The quantitative estimate of drug-likeness (QED) is 0.613. The summed E-state index contributed by atoms with van der Waals surface area (Å²) in [7, 11) is 2.50. The van der Waals surface area contributed by atoms with Crippen LogP contribution in [0.2, 0.25) is 0 Å². The Bertz CT molecular complexity index is 255. The van der Waals surface area contributed by atoms with Gasteiger partial charge in [-0.1, -0.05) is 0 Å². The third kappa shape index (κ3) is 2.59. The Morgan fingerprint density at radius 2 is 1.93 bits per heavy atom. The summed E-state index contributed by atoms with van der Waals surface area (Å²) in [5.41, 5.74) is 0. The van der Waals surface area contributed by atoms with Crippen molar-refractivity contribution in [2.45, 2.75) is 25.0 Å². The average molecular weight is 217 g/mol. The fourth-order valence-electron chi connectivity index (χ4n) is 1.65. The highest BCUT2D eigenvalue weighted by Crippen LogP contribution is 2.19. The van der Waals surface area contributed by atoms with E-state index in [1.807, 2.05) is 0 Å². The molecule has 0 spiro atoms. The number of carbonyl (C=O) groups is 2. The number of hydrogen-bond donors (Lipinski definition) is 1. The molecule has 1 rings (SSSR count). The summed E-state index contributed by atoms with van der Waals surface area (Å²) in [6.45, 7) is 0.104. The summed E-state index contributed by atoms with van der Waals surface area (Å²) in [5, 5.41) is 9.39. The van der Waals surface area contributed by atoms with Crippen LogP contribution in [0.15, 0.2) is 0 Å². The first-order valence-electron chi connectivity index (χ1n) is 4.70. The van der Waals surface area contributed by atoms with Crippen LogP contribution < -0.4 is 0 Å². The van der Waals surface area contributed by atoms with Gasteiger partial charge in [0.1, 0.15) is 6.04 Å². The van der Waals surface area contributed by atoms with Crippen LogP contribution >= 0.6 is 0 Å². The van der Waals surface area contributed by atoms with Crippen molar-refractivity contribution in [1.82, 2.24) is 4.90 Å². The van der Waals surface area contributed by atoms with Crippen LogP contribution in [0.4, 0.5) is 4.79 Å². The first kappa shape index (κ1) is 11.8. The summed E-state index contributed by atoms with van der Waals surface area (Å²) in [6.07, 6.45) is -0.356. The summed E-state index contributed by atoms with van der Waals surface area (Å²) < 4.78 is 9.11. The summed E-state index contributed by atoms with van der Waals surface area (Å²) in [4.78, 5) is 23.9. The minimum absolute atomic E-state index is 0.104. The molecule has 6 heteroatoms. The van der Waals surface area contributed by atoms with Crippen molar-refractivity contribution in [2.75, 3.05) is 20.8 Å². The Hall–Kier alpha value is -1.30. The number of β-amino-alcohol motifs (C(OH)–C–C–N with tert-alkyl or cyclic N) is 1. The lowest BCUT2D eigenvalue weighted by Gasteiger charge is -2.34. The van der Waals surface area contributed by atoms with Gasteiger partial charge in [-0.2, -0.15) is 0 Å². The summed E-state index contributed by atoms with van der Waals surface area (Å²) in [5.74, 6) is -0.479. The highest BCUT2D eigenvalue weighted by atomic mass is 16.5. The molecule has 0 unspecified atom stereocenters. The van der Waals surface area contributed by atoms with E-state index in [1.54, 1.807) is 0 Å². The van der Waals surface area contributed by atoms with Gasteiger partial charge < -0.3 is 14.6 Å². The number of nitrogens with zero attached hydrogens (tertiary/aromatic N) is 1. The molecule has 0 aliphatic carbocycles. The lowest BCUT2D eigenvalue weighted by Crippen LogP contribution is -2.52. The summed E-state index contributed by atoms with van der Waals surface area (Å²) >= 11 is 0. The molecule has 1 heterocycles. The van der Waals surface area contributed by atoms with Gasteiger partial charge in [0, 0.05) is 0 Å². The third-order valence-electron chi connectivity index (χ3n) is 2.44. The predicted octanol–water partition coefficient (Wildman–Crippen LogP) is -0.249. The van der Waals surface area contributed by atoms with Gasteiger partial charge >= 0.3 is 12.1 Å². The van der Waals surface area contributed by atoms with Crippen molar-refractivity contribution < 1.29 is 24.2 Å². The average Bonchev–Trinajstić information content (AvgIpc) is 2.26. The Kier molecular flexibility index (Phi) is 3.90. The van der Waals surface area contributed by atoms with Gasteiger partial charge in [-0.15, -0.1) is 0 Å². The second kappa shape index (κ2) is 4.97.